The number of nitrogens with one attached hydrogen (secondary N) is 1. The summed E-state index contributed by atoms with van der Waals surface area (Å²) in [5, 5.41) is 12.9. The van der Waals surface area contributed by atoms with Gasteiger partial charge >= 0.3 is 0 Å². The van der Waals surface area contributed by atoms with Crippen LogP contribution in [0.4, 0.5) is 0 Å². The van der Waals surface area contributed by atoms with Gasteiger partial charge in [-0.05, 0) is 56.0 Å². The van der Waals surface area contributed by atoms with Crippen molar-refractivity contribution in [3.8, 4) is 5.75 Å². The van der Waals surface area contributed by atoms with E-state index in [1.54, 1.807) is 6.07 Å². The molecule has 0 heterocycles. The van der Waals surface area contributed by atoms with Crippen LogP contribution in [0.1, 0.15) is 44.1 Å². The summed E-state index contributed by atoms with van der Waals surface area (Å²) in [5.41, 5.74) is 1.21. The fourth-order valence-electron chi connectivity index (χ4n) is 2.88. The van der Waals surface area contributed by atoms with Gasteiger partial charge in [0.2, 0.25) is 0 Å². The summed E-state index contributed by atoms with van der Waals surface area (Å²) in [6.07, 6.45) is 9.54. The summed E-state index contributed by atoms with van der Waals surface area (Å²) in [4.78, 5) is 0. The van der Waals surface area contributed by atoms with E-state index in [9.17, 15) is 5.11 Å². The minimum absolute atomic E-state index is 0.369. The molecule has 0 radical (unpaired) electrons. The molecule has 18 heavy (non-hydrogen) atoms. The number of aromatic hydroxyl groups is 1. The zero-order valence-corrected chi connectivity index (χ0v) is 11.2. The zero-order chi connectivity index (χ0) is 12.6. The van der Waals surface area contributed by atoms with Gasteiger partial charge in [0.15, 0.2) is 0 Å². The first-order valence-electron chi connectivity index (χ1n) is 7.33. The molecule has 0 atom stereocenters. The monoisotopic (exact) mass is 247 g/mol. The maximum absolute atomic E-state index is 9.35. The molecule has 0 aromatic heterocycles. The average molecular weight is 247 g/mol. The summed E-state index contributed by atoms with van der Waals surface area (Å²) >= 11 is 0. The minimum Gasteiger partial charge on any atom is -0.508 e. The van der Waals surface area contributed by atoms with Crippen molar-refractivity contribution < 1.29 is 5.11 Å². The maximum atomic E-state index is 9.35. The smallest absolute Gasteiger partial charge is 0.115 e. The van der Waals surface area contributed by atoms with Gasteiger partial charge in [0.25, 0.3) is 0 Å². The number of phenolic OH excluding ortho intramolecular Hbond substituents is 1. The molecular weight excluding hydrogens is 222 g/mol. The van der Waals surface area contributed by atoms with Gasteiger partial charge in [0, 0.05) is 0 Å². The molecule has 100 valence electrons. The zero-order valence-electron chi connectivity index (χ0n) is 11.2. The van der Waals surface area contributed by atoms with Crippen LogP contribution in [-0.2, 0) is 6.42 Å². The fourth-order valence-corrected chi connectivity index (χ4v) is 2.88. The van der Waals surface area contributed by atoms with Gasteiger partial charge < -0.3 is 10.4 Å². The van der Waals surface area contributed by atoms with E-state index in [1.807, 2.05) is 12.1 Å². The highest BCUT2D eigenvalue weighted by Gasteiger charge is 2.13. The first-order valence-corrected chi connectivity index (χ1v) is 7.33. The summed E-state index contributed by atoms with van der Waals surface area (Å²) in [5.74, 6) is 1.38. The molecule has 1 saturated carbocycles. The molecule has 1 aliphatic carbocycles. The van der Waals surface area contributed by atoms with E-state index in [1.165, 1.54) is 44.1 Å². The molecule has 0 bridgehead atoms. The molecule has 0 spiro atoms. The van der Waals surface area contributed by atoms with Crippen LogP contribution >= 0.6 is 0 Å². The van der Waals surface area contributed by atoms with E-state index >= 15 is 0 Å². The van der Waals surface area contributed by atoms with Crippen LogP contribution in [0.3, 0.4) is 0 Å². The van der Waals surface area contributed by atoms with E-state index in [0.717, 1.165) is 25.4 Å². The standard InChI is InChI=1S/C16H25NO/c18-16-9-3-7-15(13-16)10-12-17-11-4-8-14-5-1-2-6-14/h3,7,9,13-14,17-18H,1-2,4-6,8,10-12H2. The Morgan fingerprint density at radius 3 is 2.78 bits per heavy atom. The van der Waals surface area contributed by atoms with Crippen molar-refractivity contribution in [2.75, 3.05) is 13.1 Å². The molecule has 2 heteroatoms. The number of rotatable bonds is 7. The maximum Gasteiger partial charge on any atom is 0.115 e. The Kier molecular flexibility index (Phi) is 5.53. The van der Waals surface area contributed by atoms with Crippen LogP contribution in [-0.4, -0.2) is 18.2 Å². The lowest BCUT2D eigenvalue weighted by Crippen LogP contribution is -2.19. The molecule has 1 aliphatic rings. The van der Waals surface area contributed by atoms with Gasteiger partial charge in [-0.1, -0.05) is 37.8 Å². The first kappa shape index (κ1) is 13.4. The second kappa shape index (κ2) is 7.42. The van der Waals surface area contributed by atoms with Gasteiger partial charge in [0.1, 0.15) is 5.75 Å². The van der Waals surface area contributed by atoms with Gasteiger partial charge in [0.05, 0.1) is 0 Å². The van der Waals surface area contributed by atoms with Gasteiger partial charge in [-0.25, -0.2) is 0 Å². The molecule has 2 nitrogen and oxygen atoms in total. The van der Waals surface area contributed by atoms with Crippen molar-refractivity contribution in [3.63, 3.8) is 0 Å². The first-order chi connectivity index (χ1) is 8.84. The molecule has 0 saturated heterocycles. The van der Waals surface area contributed by atoms with E-state index in [2.05, 4.69) is 11.4 Å². The van der Waals surface area contributed by atoms with Crippen LogP contribution < -0.4 is 5.32 Å². The summed E-state index contributed by atoms with van der Waals surface area (Å²) in [7, 11) is 0. The van der Waals surface area contributed by atoms with Crippen molar-refractivity contribution in [2.24, 2.45) is 5.92 Å². The Balaban J connectivity index is 1.50. The lowest BCUT2D eigenvalue weighted by atomic mass is 10.0. The predicted molar refractivity (Wildman–Crippen MR) is 75.9 cm³/mol. The number of benzene rings is 1. The number of hydrogen-bond acceptors (Lipinski definition) is 2. The molecule has 0 unspecified atom stereocenters. The Morgan fingerprint density at radius 1 is 1.17 bits per heavy atom. The third-order valence-corrected chi connectivity index (χ3v) is 3.94. The van der Waals surface area contributed by atoms with Crippen LogP contribution in [0.5, 0.6) is 5.75 Å². The highest BCUT2D eigenvalue weighted by molar-refractivity contribution is 5.27. The summed E-state index contributed by atoms with van der Waals surface area (Å²) in [6, 6.07) is 7.55. The van der Waals surface area contributed by atoms with Gasteiger partial charge in [-0.2, -0.15) is 0 Å². The molecule has 0 aliphatic heterocycles. The van der Waals surface area contributed by atoms with E-state index in [4.69, 9.17) is 0 Å². The van der Waals surface area contributed by atoms with Gasteiger partial charge in [-0.3, -0.25) is 0 Å². The quantitative estimate of drug-likeness (QED) is 0.723. The van der Waals surface area contributed by atoms with Crippen molar-refractivity contribution in [1.82, 2.24) is 5.32 Å². The Hall–Kier alpha value is -1.02. The van der Waals surface area contributed by atoms with E-state index in [-0.39, 0.29) is 0 Å². The van der Waals surface area contributed by atoms with Crippen LogP contribution in [0.25, 0.3) is 0 Å². The molecule has 1 fully saturated rings. The number of hydrogen-bond donors (Lipinski definition) is 2. The fraction of sp³-hybridized carbons (Fsp3) is 0.625. The van der Waals surface area contributed by atoms with Crippen LogP contribution in [0.15, 0.2) is 24.3 Å². The third-order valence-electron chi connectivity index (χ3n) is 3.94. The van der Waals surface area contributed by atoms with Gasteiger partial charge in [-0.15, -0.1) is 0 Å². The lowest BCUT2D eigenvalue weighted by Gasteiger charge is -2.09. The van der Waals surface area contributed by atoms with Crippen molar-refractivity contribution in [3.05, 3.63) is 29.8 Å². The number of phenols is 1. The normalized spacial score (nSPS) is 16.2. The highest BCUT2D eigenvalue weighted by atomic mass is 16.3. The molecule has 2 rings (SSSR count). The average Bonchev–Trinajstić information content (AvgIpc) is 2.87. The van der Waals surface area contributed by atoms with Crippen LogP contribution in [0.2, 0.25) is 0 Å². The summed E-state index contributed by atoms with van der Waals surface area (Å²) in [6.45, 7) is 2.14. The Labute approximate surface area is 110 Å². The lowest BCUT2D eigenvalue weighted by molar-refractivity contribution is 0.469. The molecule has 2 N–H and O–H groups in total. The van der Waals surface area contributed by atoms with E-state index < -0.39 is 0 Å². The van der Waals surface area contributed by atoms with E-state index in [0.29, 0.717) is 5.75 Å². The van der Waals surface area contributed by atoms with Crippen molar-refractivity contribution in [1.29, 1.82) is 0 Å². The SMILES string of the molecule is Oc1cccc(CCNCCCC2CCCC2)c1. The minimum atomic E-state index is 0.369. The molecular formula is C16H25NO. The second-order valence-corrected chi connectivity index (χ2v) is 5.46. The summed E-state index contributed by atoms with van der Waals surface area (Å²) < 4.78 is 0. The largest absolute Gasteiger partial charge is 0.508 e. The van der Waals surface area contributed by atoms with Crippen molar-refractivity contribution in [2.45, 2.75) is 44.9 Å². The van der Waals surface area contributed by atoms with Crippen molar-refractivity contribution >= 4 is 0 Å². The Morgan fingerprint density at radius 2 is 2.00 bits per heavy atom. The second-order valence-electron chi connectivity index (χ2n) is 5.46. The predicted octanol–water partition coefficient (Wildman–Crippen LogP) is 3.49. The highest BCUT2D eigenvalue weighted by Crippen LogP contribution is 2.28. The Bertz CT molecular complexity index is 345. The van der Waals surface area contributed by atoms with Crippen LogP contribution in [0, 0.1) is 5.92 Å². The molecule has 1 aromatic carbocycles. The third kappa shape index (κ3) is 4.69. The topological polar surface area (TPSA) is 32.3 Å². The molecule has 0 amide bonds. The molecule has 1 aromatic rings.